The van der Waals surface area contributed by atoms with E-state index in [0.717, 1.165) is 25.2 Å². The topological polar surface area (TPSA) is 66.6 Å². The van der Waals surface area contributed by atoms with E-state index < -0.39 is 10.0 Å². The molecule has 0 aliphatic carbocycles. The zero-order valence-corrected chi connectivity index (χ0v) is 14.9. The first kappa shape index (κ1) is 19.4. The predicted molar refractivity (Wildman–Crippen MR) is 92.6 cm³/mol. The number of piperazine rings is 1. The van der Waals surface area contributed by atoms with Crippen LogP contribution in [-0.4, -0.2) is 55.9 Å². The second kappa shape index (κ2) is 7.75. The Morgan fingerprint density at radius 2 is 1.64 bits per heavy atom. The molecule has 0 atom stereocenters. The van der Waals surface area contributed by atoms with Crippen LogP contribution in [0, 0.1) is 0 Å². The molecule has 1 saturated heterocycles. The van der Waals surface area contributed by atoms with Crippen molar-refractivity contribution in [1.29, 1.82) is 0 Å². The van der Waals surface area contributed by atoms with Gasteiger partial charge in [0.1, 0.15) is 0 Å². The molecule has 2 N–H and O–H groups in total. The van der Waals surface area contributed by atoms with Gasteiger partial charge in [-0.15, -0.1) is 12.4 Å². The Hall–Kier alpha value is -0.660. The summed E-state index contributed by atoms with van der Waals surface area (Å²) in [6.45, 7) is 7.36. The highest BCUT2D eigenvalue weighted by Crippen LogP contribution is 2.14. The van der Waals surface area contributed by atoms with Crippen LogP contribution in [-0.2, 0) is 15.8 Å². The van der Waals surface area contributed by atoms with Crippen LogP contribution in [0.1, 0.15) is 19.4 Å². The maximum Gasteiger partial charge on any atom is 0.218 e. The normalized spacial score (nSPS) is 18.0. The van der Waals surface area contributed by atoms with Crippen molar-refractivity contribution in [2.75, 3.05) is 32.7 Å². The summed E-state index contributed by atoms with van der Waals surface area (Å²) in [5.74, 6) is 0.0796. The minimum atomic E-state index is -3.23. The van der Waals surface area contributed by atoms with E-state index in [-0.39, 0.29) is 23.7 Å². The molecule has 1 aliphatic heterocycles. The summed E-state index contributed by atoms with van der Waals surface area (Å²) >= 11 is 0. The number of halogens is 1. The molecule has 1 heterocycles. The van der Waals surface area contributed by atoms with Crippen LogP contribution in [0.25, 0.3) is 0 Å². The second-order valence-electron chi connectivity index (χ2n) is 6.41. The molecule has 1 aromatic rings. The second-order valence-corrected chi connectivity index (χ2v) is 8.37. The van der Waals surface area contributed by atoms with E-state index in [2.05, 4.69) is 4.90 Å². The van der Waals surface area contributed by atoms with Crippen LogP contribution in [0.2, 0.25) is 0 Å². The van der Waals surface area contributed by atoms with Gasteiger partial charge in [-0.3, -0.25) is 4.90 Å². The summed E-state index contributed by atoms with van der Waals surface area (Å²) < 4.78 is 26.5. The van der Waals surface area contributed by atoms with Gasteiger partial charge in [-0.25, -0.2) is 8.42 Å². The predicted octanol–water partition coefficient (Wildman–Crippen LogP) is 1.29. The number of sulfonamides is 1. The van der Waals surface area contributed by atoms with Gasteiger partial charge in [-0.05, 0) is 19.4 Å². The van der Waals surface area contributed by atoms with E-state index in [1.807, 2.05) is 44.2 Å². The molecular weight excluding hydrogens is 322 g/mol. The van der Waals surface area contributed by atoms with E-state index in [9.17, 15) is 8.42 Å². The molecule has 7 heteroatoms. The first-order chi connectivity index (χ1) is 9.76. The summed E-state index contributed by atoms with van der Waals surface area (Å²) in [4.78, 5) is 2.23. The summed E-state index contributed by atoms with van der Waals surface area (Å²) in [5.41, 5.74) is 6.61. The lowest BCUT2D eigenvalue weighted by Gasteiger charge is -2.37. The van der Waals surface area contributed by atoms with E-state index in [0.29, 0.717) is 13.1 Å². The smallest absolute Gasteiger partial charge is 0.218 e. The number of benzene rings is 1. The van der Waals surface area contributed by atoms with Crippen LogP contribution >= 0.6 is 12.4 Å². The van der Waals surface area contributed by atoms with Gasteiger partial charge in [0, 0.05) is 38.3 Å². The zero-order valence-electron chi connectivity index (χ0n) is 13.2. The molecule has 0 unspecified atom stereocenters. The Balaban J connectivity index is 0.00000242. The number of nitrogens with zero attached hydrogens (tertiary/aromatic N) is 2. The highest BCUT2D eigenvalue weighted by atomic mass is 35.5. The lowest BCUT2D eigenvalue weighted by atomic mass is 10.1. The van der Waals surface area contributed by atoms with E-state index in [1.54, 1.807) is 4.31 Å². The number of hydrogen-bond donors (Lipinski definition) is 1. The molecule has 126 valence electrons. The molecule has 0 aromatic heterocycles. The van der Waals surface area contributed by atoms with Gasteiger partial charge in [0.25, 0.3) is 0 Å². The average Bonchev–Trinajstić information content (AvgIpc) is 2.38. The molecular formula is C15H26ClN3O2S. The van der Waals surface area contributed by atoms with Crippen molar-refractivity contribution in [3.8, 4) is 0 Å². The minimum Gasteiger partial charge on any atom is -0.324 e. The third kappa shape index (κ3) is 5.85. The van der Waals surface area contributed by atoms with Gasteiger partial charge in [-0.2, -0.15) is 4.31 Å². The van der Waals surface area contributed by atoms with E-state index >= 15 is 0 Å². The van der Waals surface area contributed by atoms with Crippen molar-refractivity contribution in [2.45, 2.75) is 25.1 Å². The molecule has 2 rings (SSSR count). The van der Waals surface area contributed by atoms with Gasteiger partial charge in [-0.1, -0.05) is 30.3 Å². The summed E-state index contributed by atoms with van der Waals surface area (Å²) in [7, 11) is -3.23. The van der Waals surface area contributed by atoms with Gasteiger partial charge in [0.15, 0.2) is 0 Å². The van der Waals surface area contributed by atoms with Crippen molar-refractivity contribution in [1.82, 2.24) is 9.21 Å². The molecule has 1 fully saturated rings. The van der Waals surface area contributed by atoms with Crippen molar-refractivity contribution in [3.63, 3.8) is 0 Å². The van der Waals surface area contributed by atoms with Gasteiger partial charge in [0.05, 0.1) is 5.75 Å². The van der Waals surface area contributed by atoms with Crippen LogP contribution in [0.3, 0.4) is 0 Å². The summed E-state index contributed by atoms with van der Waals surface area (Å²) in [6, 6.07) is 9.33. The Bertz CT molecular complexity index is 550. The third-order valence-corrected chi connectivity index (χ3v) is 5.40. The van der Waals surface area contributed by atoms with Crippen molar-refractivity contribution >= 4 is 22.4 Å². The minimum absolute atomic E-state index is 0. The zero-order chi connectivity index (χ0) is 15.5. The molecule has 0 amide bonds. The molecule has 0 bridgehead atoms. The van der Waals surface area contributed by atoms with E-state index in [4.69, 9.17) is 5.73 Å². The van der Waals surface area contributed by atoms with Crippen molar-refractivity contribution in [3.05, 3.63) is 35.9 Å². The highest BCUT2D eigenvalue weighted by Gasteiger charge is 2.28. The third-order valence-electron chi connectivity index (χ3n) is 3.55. The fraction of sp³-hybridized carbons (Fsp3) is 0.600. The lowest BCUT2D eigenvalue weighted by molar-refractivity contribution is 0.162. The van der Waals surface area contributed by atoms with Crippen LogP contribution in [0.4, 0.5) is 0 Å². The average molecular weight is 348 g/mol. The van der Waals surface area contributed by atoms with Gasteiger partial charge in [0.2, 0.25) is 10.0 Å². The highest BCUT2D eigenvalue weighted by molar-refractivity contribution is 7.88. The standard InChI is InChI=1S/C15H25N3O2S.ClH/c1-15(2,16)13-17-8-10-18(11-9-17)21(19,20)12-14-6-4-3-5-7-14;/h3-7H,8-13,16H2,1-2H3;1H. The quantitative estimate of drug-likeness (QED) is 0.871. The fourth-order valence-corrected chi connectivity index (χ4v) is 4.13. The first-order valence-electron chi connectivity index (χ1n) is 7.29. The van der Waals surface area contributed by atoms with Crippen LogP contribution < -0.4 is 5.73 Å². The van der Waals surface area contributed by atoms with Crippen molar-refractivity contribution in [2.24, 2.45) is 5.73 Å². The fourth-order valence-electron chi connectivity index (χ4n) is 2.62. The van der Waals surface area contributed by atoms with Crippen molar-refractivity contribution < 1.29 is 8.42 Å². The largest absolute Gasteiger partial charge is 0.324 e. The molecule has 22 heavy (non-hydrogen) atoms. The Morgan fingerprint density at radius 3 is 2.14 bits per heavy atom. The van der Waals surface area contributed by atoms with Gasteiger partial charge < -0.3 is 5.73 Å². The number of nitrogens with two attached hydrogens (primary N) is 1. The number of hydrogen-bond acceptors (Lipinski definition) is 4. The monoisotopic (exact) mass is 347 g/mol. The SMILES string of the molecule is CC(C)(N)CN1CCN(S(=O)(=O)Cc2ccccc2)CC1.Cl. The molecule has 1 aromatic carbocycles. The lowest BCUT2D eigenvalue weighted by Crippen LogP contribution is -2.54. The molecule has 0 saturated carbocycles. The maximum atomic E-state index is 12.4. The first-order valence-corrected chi connectivity index (χ1v) is 8.90. The van der Waals surface area contributed by atoms with Gasteiger partial charge >= 0.3 is 0 Å². The molecule has 1 aliphatic rings. The summed E-state index contributed by atoms with van der Waals surface area (Å²) in [6.07, 6.45) is 0. The summed E-state index contributed by atoms with van der Waals surface area (Å²) in [5, 5.41) is 0. The maximum absolute atomic E-state index is 12.4. The molecule has 0 radical (unpaired) electrons. The van der Waals surface area contributed by atoms with Crippen LogP contribution in [0.5, 0.6) is 0 Å². The van der Waals surface area contributed by atoms with E-state index in [1.165, 1.54) is 0 Å². The Morgan fingerprint density at radius 1 is 1.09 bits per heavy atom. The molecule has 5 nitrogen and oxygen atoms in total. The van der Waals surface area contributed by atoms with Crippen LogP contribution in [0.15, 0.2) is 30.3 Å². The Kier molecular flexibility index (Phi) is 6.83. The Labute approximate surface area is 139 Å². The number of rotatable bonds is 5. The molecule has 0 spiro atoms.